The largest absolute Gasteiger partial charge is 0.494 e. The number of anilines is 2. The van der Waals surface area contributed by atoms with Gasteiger partial charge in [-0.05, 0) is 85.5 Å². The number of unbranched alkanes of at least 4 members (excludes halogenated alkanes) is 2. The summed E-state index contributed by atoms with van der Waals surface area (Å²) in [5.41, 5.74) is 13.2. The molecule has 3 rings (SSSR count). The van der Waals surface area contributed by atoms with Gasteiger partial charge in [-0.3, -0.25) is 0 Å². The number of halogens is 3. The first-order valence-electron chi connectivity index (χ1n) is 14.4. The fourth-order valence-electron chi connectivity index (χ4n) is 3.88. The van der Waals surface area contributed by atoms with Crippen molar-refractivity contribution in [2.24, 2.45) is 0 Å². The zero-order valence-corrected chi connectivity index (χ0v) is 24.9. The predicted octanol–water partition coefficient (Wildman–Crippen LogP) is 6.00. The van der Waals surface area contributed by atoms with Crippen molar-refractivity contribution in [3.63, 3.8) is 0 Å². The average molecular weight is 645 g/mol. The van der Waals surface area contributed by atoms with Crippen LogP contribution in [0.15, 0.2) is 72.8 Å². The summed E-state index contributed by atoms with van der Waals surface area (Å²) in [6, 6.07) is 17.1. The molecule has 0 spiro atoms. The maximum absolute atomic E-state index is 12.5. The lowest BCUT2D eigenvalue weighted by atomic mass is 10.2. The highest BCUT2D eigenvalue weighted by molar-refractivity contribution is 5.92. The lowest BCUT2D eigenvalue weighted by Crippen LogP contribution is -2.14. The van der Waals surface area contributed by atoms with Crippen molar-refractivity contribution in [2.75, 3.05) is 44.5 Å². The van der Waals surface area contributed by atoms with Crippen LogP contribution in [0.1, 0.15) is 52.0 Å². The van der Waals surface area contributed by atoms with Crippen LogP contribution in [0.2, 0.25) is 0 Å². The Bertz CT molecular complexity index is 1440. The summed E-state index contributed by atoms with van der Waals surface area (Å²) >= 11 is 0. The van der Waals surface area contributed by atoms with E-state index in [4.69, 9.17) is 35.2 Å². The summed E-state index contributed by atoms with van der Waals surface area (Å²) in [5.74, 6) is -0.963. The standard InChI is InChI=1S/C33H35F3N2O8/c34-33(35,36)14-2-1-3-15-43-28-11-7-24(8-12-28)32(41)46-29-9-4-23(5-10-29)6-13-30(39)44-18-16-42-17-19-45-31(40)25-20-26(37)22-27(38)21-25/h4-13,20-22H,1-3,14-19,37-38H2/b13-6+. The summed E-state index contributed by atoms with van der Waals surface area (Å²) in [6.45, 7) is 0.476. The third-order valence-electron chi connectivity index (χ3n) is 6.11. The molecular formula is C33H35F3N2O8. The van der Waals surface area contributed by atoms with Crippen molar-refractivity contribution >= 4 is 35.4 Å². The van der Waals surface area contributed by atoms with E-state index in [0.717, 1.165) is 0 Å². The molecule has 3 aromatic rings. The van der Waals surface area contributed by atoms with Gasteiger partial charge in [0, 0.05) is 23.9 Å². The Morgan fingerprint density at radius 3 is 1.96 bits per heavy atom. The molecule has 0 aliphatic heterocycles. The Balaban J connectivity index is 1.28. The van der Waals surface area contributed by atoms with E-state index in [9.17, 15) is 27.6 Å². The molecule has 13 heteroatoms. The van der Waals surface area contributed by atoms with Crippen LogP contribution in [0.4, 0.5) is 24.5 Å². The number of nitrogen functional groups attached to an aromatic ring is 2. The van der Waals surface area contributed by atoms with Gasteiger partial charge in [-0.25, -0.2) is 14.4 Å². The molecule has 0 unspecified atom stereocenters. The Morgan fingerprint density at radius 2 is 1.30 bits per heavy atom. The van der Waals surface area contributed by atoms with Crippen LogP contribution in [-0.2, 0) is 19.0 Å². The Labute approximate surface area is 264 Å². The van der Waals surface area contributed by atoms with Crippen LogP contribution >= 0.6 is 0 Å². The van der Waals surface area contributed by atoms with Gasteiger partial charge in [0.25, 0.3) is 0 Å². The molecule has 0 saturated heterocycles. The number of hydrogen-bond donors (Lipinski definition) is 2. The van der Waals surface area contributed by atoms with E-state index in [0.29, 0.717) is 41.3 Å². The van der Waals surface area contributed by atoms with Crippen LogP contribution in [-0.4, -0.2) is 57.1 Å². The normalized spacial score (nSPS) is 11.3. The van der Waals surface area contributed by atoms with Gasteiger partial charge >= 0.3 is 24.1 Å². The molecule has 0 amide bonds. The van der Waals surface area contributed by atoms with Gasteiger partial charge in [0.1, 0.15) is 24.7 Å². The molecule has 0 saturated carbocycles. The SMILES string of the molecule is Nc1cc(N)cc(C(=O)OCCOCCOC(=O)/C=C/c2ccc(OC(=O)c3ccc(OCCCCCC(F)(F)F)cc3)cc2)c1. The monoisotopic (exact) mass is 644 g/mol. The molecule has 0 heterocycles. The summed E-state index contributed by atoms with van der Waals surface area (Å²) in [7, 11) is 0. The topological polar surface area (TPSA) is 149 Å². The molecule has 0 atom stereocenters. The lowest BCUT2D eigenvalue weighted by molar-refractivity contribution is -0.139. The highest BCUT2D eigenvalue weighted by atomic mass is 19.4. The first-order valence-corrected chi connectivity index (χ1v) is 14.4. The van der Waals surface area contributed by atoms with Gasteiger partial charge < -0.3 is 35.2 Å². The predicted molar refractivity (Wildman–Crippen MR) is 164 cm³/mol. The molecule has 10 nitrogen and oxygen atoms in total. The second-order valence-electron chi connectivity index (χ2n) is 9.89. The fraction of sp³-hybridized carbons (Fsp3) is 0.303. The molecule has 246 valence electrons. The molecular weight excluding hydrogens is 609 g/mol. The van der Waals surface area contributed by atoms with Crippen LogP contribution < -0.4 is 20.9 Å². The van der Waals surface area contributed by atoms with Crippen molar-refractivity contribution in [2.45, 2.75) is 31.9 Å². The van der Waals surface area contributed by atoms with Gasteiger partial charge in [-0.2, -0.15) is 13.2 Å². The van der Waals surface area contributed by atoms with E-state index < -0.39 is 30.5 Å². The zero-order valence-electron chi connectivity index (χ0n) is 24.9. The molecule has 0 aliphatic carbocycles. The Kier molecular flexibility index (Phi) is 13.9. The minimum Gasteiger partial charge on any atom is -0.494 e. The summed E-state index contributed by atoms with van der Waals surface area (Å²) in [5, 5.41) is 0. The van der Waals surface area contributed by atoms with Crippen molar-refractivity contribution < 1.29 is 51.2 Å². The molecule has 0 bridgehead atoms. The average Bonchev–Trinajstić information content (AvgIpc) is 3.01. The van der Waals surface area contributed by atoms with E-state index in [2.05, 4.69) is 0 Å². The number of esters is 3. The van der Waals surface area contributed by atoms with Crippen LogP contribution in [0.5, 0.6) is 11.5 Å². The van der Waals surface area contributed by atoms with Crippen molar-refractivity contribution in [1.29, 1.82) is 0 Å². The second-order valence-corrected chi connectivity index (χ2v) is 9.89. The first-order chi connectivity index (χ1) is 22.0. The molecule has 0 fully saturated rings. The summed E-state index contributed by atoms with van der Waals surface area (Å²) in [6.07, 6.45) is -1.20. The molecule has 0 radical (unpaired) electrons. The fourth-order valence-corrected chi connectivity index (χ4v) is 3.88. The second kappa shape index (κ2) is 18.1. The third-order valence-corrected chi connectivity index (χ3v) is 6.11. The van der Waals surface area contributed by atoms with E-state index in [-0.39, 0.29) is 50.6 Å². The van der Waals surface area contributed by atoms with Crippen molar-refractivity contribution in [3.8, 4) is 11.5 Å². The third kappa shape index (κ3) is 13.7. The Morgan fingerprint density at radius 1 is 0.674 bits per heavy atom. The van der Waals surface area contributed by atoms with E-state index >= 15 is 0 Å². The number of hydrogen-bond acceptors (Lipinski definition) is 10. The lowest BCUT2D eigenvalue weighted by Gasteiger charge is -2.08. The number of carbonyl (C=O) groups excluding carboxylic acids is 3. The number of nitrogens with two attached hydrogens (primary N) is 2. The first kappa shape index (κ1) is 35.4. The number of ether oxygens (including phenoxy) is 5. The van der Waals surface area contributed by atoms with Crippen LogP contribution in [0.25, 0.3) is 6.08 Å². The van der Waals surface area contributed by atoms with Crippen molar-refractivity contribution in [3.05, 3.63) is 89.5 Å². The van der Waals surface area contributed by atoms with Gasteiger partial charge in [0.05, 0.1) is 30.9 Å². The highest BCUT2D eigenvalue weighted by Gasteiger charge is 2.25. The quantitative estimate of drug-likeness (QED) is 0.0589. The zero-order chi connectivity index (χ0) is 33.4. The van der Waals surface area contributed by atoms with Gasteiger partial charge in [-0.1, -0.05) is 12.1 Å². The molecule has 3 aromatic carbocycles. The molecule has 4 N–H and O–H groups in total. The molecule has 46 heavy (non-hydrogen) atoms. The minimum absolute atomic E-state index is 0.00374. The molecule has 0 aromatic heterocycles. The maximum Gasteiger partial charge on any atom is 0.389 e. The smallest absolute Gasteiger partial charge is 0.389 e. The van der Waals surface area contributed by atoms with E-state index in [1.165, 1.54) is 42.5 Å². The summed E-state index contributed by atoms with van der Waals surface area (Å²) in [4.78, 5) is 36.4. The minimum atomic E-state index is -4.14. The molecule has 0 aliphatic rings. The number of alkyl halides is 3. The maximum atomic E-state index is 12.5. The Hall–Kier alpha value is -5.04. The van der Waals surface area contributed by atoms with Gasteiger partial charge in [0.15, 0.2) is 0 Å². The number of carbonyl (C=O) groups is 3. The van der Waals surface area contributed by atoms with E-state index in [1.54, 1.807) is 36.4 Å². The van der Waals surface area contributed by atoms with Gasteiger partial charge in [0.2, 0.25) is 0 Å². The van der Waals surface area contributed by atoms with Gasteiger partial charge in [-0.15, -0.1) is 0 Å². The van der Waals surface area contributed by atoms with Crippen molar-refractivity contribution in [1.82, 2.24) is 0 Å². The summed E-state index contributed by atoms with van der Waals surface area (Å²) < 4.78 is 62.8. The number of benzene rings is 3. The number of rotatable bonds is 17. The van der Waals surface area contributed by atoms with E-state index in [1.807, 2.05) is 0 Å². The van der Waals surface area contributed by atoms with Crippen LogP contribution in [0.3, 0.4) is 0 Å². The van der Waals surface area contributed by atoms with Crippen LogP contribution in [0, 0.1) is 0 Å². The highest BCUT2D eigenvalue weighted by Crippen LogP contribution is 2.23.